The standard InChI is InChI=1S/C25H18Cl2FNO4S/c26-18-6-5-17(21(27)14-18)15-33-22-4-2-1-3-16(22)13-23-24(30)29(25(31)34-23)11-12-32-20-9-7-19(28)8-10-20/h1-10,13-14H,11-12,15H2/b23-13-. The van der Waals surface area contributed by atoms with Crippen LogP contribution in [-0.2, 0) is 11.4 Å². The average Bonchev–Trinajstić information content (AvgIpc) is 3.08. The number of hydrogen-bond donors (Lipinski definition) is 0. The molecule has 1 heterocycles. The van der Waals surface area contributed by atoms with Crippen LogP contribution in [0, 0.1) is 5.82 Å². The molecular formula is C25H18Cl2FNO4S. The highest BCUT2D eigenvalue weighted by Gasteiger charge is 2.35. The predicted octanol–water partition coefficient (Wildman–Crippen LogP) is 6.83. The van der Waals surface area contributed by atoms with E-state index in [1.165, 1.54) is 24.3 Å². The maximum absolute atomic E-state index is 13.0. The van der Waals surface area contributed by atoms with Crippen LogP contribution in [0.3, 0.4) is 0 Å². The molecule has 4 rings (SSSR count). The van der Waals surface area contributed by atoms with Crippen molar-refractivity contribution in [3.05, 3.63) is 98.6 Å². The smallest absolute Gasteiger partial charge is 0.293 e. The minimum Gasteiger partial charge on any atom is -0.492 e. The third-order valence-corrected chi connectivity index (χ3v) is 6.37. The highest BCUT2D eigenvalue weighted by atomic mass is 35.5. The number of thioether (sulfide) groups is 1. The van der Waals surface area contributed by atoms with Gasteiger partial charge in [-0.3, -0.25) is 14.5 Å². The van der Waals surface area contributed by atoms with Crippen molar-refractivity contribution in [2.45, 2.75) is 6.61 Å². The lowest BCUT2D eigenvalue weighted by molar-refractivity contribution is -0.123. The van der Waals surface area contributed by atoms with Crippen LogP contribution in [0.1, 0.15) is 11.1 Å². The van der Waals surface area contributed by atoms with Crippen LogP contribution in [0.4, 0.5) is 9.18 Å². The molecule has 1 saturated heterocycles. The molecule has 0 unspecified atom stereocenters. The molecule has 0 aromatic heterocycles. The normalized spacial score (nSPS) is 14.7. The summed E-state index contributed by atoms with van der Waals surface area (Å²) in [5, 5.41) is 0.646. The summed E-state index contributed by atoms with van der Waals surface area (Å²) in [6, 6.07) is 17.9. The molecule has 0 aliphatic carbocycles. The van der Waals surface area contributed by atoms with Crippen LogP contribution in [0.15, 0.2) is 71.6 Å². The fourth-order valence-corrected chi connectivity index (χ4v) is 4.46. The van der Waals surface area contributed by atoms with Crippen LogP contribution < -0.4 is 9.47 Å². The van der Waals surface area contributed by atoms with Crippen molar-refractivity contribution in [3.8, 4) is 11.5 Å². The van der Waals surface area contributed by atoms with E-state index in [-0.39, 0.29) is 35.7 Å². The first-order chi connectivity index (χ1) is 16.4. The van der Waals surface area contributed by atoms with Gasteiger partial charge in [0.05, 0.1) is 11.4 Å². The van der Waals surface area contributed by atoms with E-state index in [4.69, 9.17) is 32.7 Å². The number of amides is 2. The van der Waals surface area contributed by atoms with Gasteiger partial charge in [-0.2, -0.15) is 0 Å². The van der Waals surface area contributed by atoms with E-state index in [0.29, 0.717) is 27.1 Å². The van der Waals surface area contributed by atoms with Crippen LogP contribution in [0.2, 0.25) is 10.0 Å². The van der Waals surface area contributed by atoms with Crippen molar-refractivity contribution in [2.24, 2.45) is 0 Å². The van der Waals surface area contributed by atoms with E-state index in [2.05, 4.69) is 0 Å². The summed E-state index contributed by atoms with van der Waals surface area (Å²) in [5.74, 6) is 0.216. The number of nitrogens with zero attached hydrogens (tertiary/aromatic N) is 1. The molecule has 0 radical (unpaired) electrons. The highest BCUT2D eigenvalue weighted by molar-refractivity contribution is 8.18. The fraction of sp³-hybridized carbons (Fsp3) is 0.120. The predicted molar refractivity (Wildman–Crippen MR) is 132 cm³/mol. The summed E-state index contributed by atoms with van der Waals surface area (Å²) >= 11 is 13.0. The van der Waals surface area contributed by atoms with Gasteiger partial charge in [0.2, 0.25) is 0 Å². The summed E-state index contributed by atoms with van der Waals surface area (Å²) < 4.78 is 24.4. The molecule has 5 nitrogen and oxygen atoms in total. The number of hydrogen-bond acceptors (Lipinski definition) is 5. The molecule has 1 aliphatic heterocycles. The van der Waals surface area contributed by atoms with Gasteiger partial charge in [0, 0.05) is 21.2 Å². The maximum Gasteiger partial charge on any atom is 0.293 e. The molecule has 0 spiro atoms. The number of halogens is 3. The molecule has 34 heavy (non-hydrogen) atoms. The van der Waals surface area contributed by atoms with Crippen LogP contribution >= 0.6 is 35.0 Å². The van der Waals surface area contributed by atoms with Crippen molar-refractivity contribution >= 4 is 52.2 Å². The molecule has 1 fully saturated rings. The Hall–Kier alpha value is -3.00. The summed E-state index contributed by atoms with van der Waals surface area (Å²) in [6.45, 7) is 0.383. The third-order valence-electron chi connectivity index (χ3n) is 4.87. The van der Waals surface area contributed by atoms with Crippen LogP contribution in [0.25, 0.3) is 6.08 Å². The highest BCUT2D eigenvalue weighted by Crippen LogP contribution is 2.34. The van der Waals surface area contributed by atoms with E-state index in [9.17, 15) is 14.0 Å². The van der Waals surface area contributed by atoms with Crippen LogP contribution in [-0.4, -0.2) is 29.2 Å². The van der Waals surface area contributed by atoms with Gasteiger partial charge in [-0.05, 0) is 60.3 Å². The Balaban J connectivity index is 1.42. The Bertz CT molecular complexity index is 1250. The topological polar surface area (TPSA) is 55.8 Å². The second-order valence-electron chi connectivity index (χ2n) is 7.20. The molecule has 3 aromatic carbocycles. The molecule has 0 atom stereocenters. The minimum atomic E-state index is -0.409. The first-order valence-electron chi connectivity index (χ1n) is 10.2. The molecule has 0 saturated carbocycles. The Kier molecular flexibility index (Phi) is 7.77. The van der Waals surface area contributed by atoms with Gasteiger partial charge in [-0.1, -0.05) is 47.5 Å². The van der Waals surface area contributed by atoms with Crippen molar-refractivity contribution in [1.29, 1.82) is 0 Å². The molecule has 3 aromatic rings. The zero-order chi connectivity index (χ0) is 24.1. The lowest BCUT2D eigenvalue weighted by Crippen LogP contribution is -2.32. The maximum atomic E-state index is 13.0. The first kappa shape index (κ1) is 24.1. The van der Waals surface area contributed by atoms with Gasteiger partial charge >= 0.3 is 0 Å². The molecular weight excluding hydrogens is 500 g/mol. The molecule has 1 aliphatic rings. The second kappa shape index (κ2) is 11.0. The summed E-state index contributed by atoms with van der Waals surface area (Å²) in [4.78, 5) is 26.6. The Labute approximate surface area is 210 Å². The number of benzene rings is 3. The molecule has 0 N–H and O–H groups in total. The lowest BCUT2D eigenvalue weighted by Gasteiger charge is -2.13. The Morgan fingerprint density at radius 1 is 0.971 bits per heavy atom. The SMILES string of the molecule is O=C1S/C(=C\c2ccccc2OCc2ccc(Cl)cc2Cl)C(=O)N1CCOc1ccc(F)cc1. The largest absolute Gasteiger partial charge is 0.492 e. The number of ether oxygens (including phenoxy) is 2. The lowest BCUT2D eigenvalue weighted by atomic mass is 10.1. The van der Waals surface area contributed by atoms with Gasteiger partial charge in [-0.25, -0.2) is 4.39 Å². The van der Waals surface area contributed by atoms with E-state index in [1.54, 1.807) is 36.4 Å². The summed E-state index contributed by atoms with van der Waals surface area (Å²) in [5.41, 5.74) is 1.42. The zero-order valence-electron chi connectivity index (χ0n) is 17.7. The molecule has 0 bridgehead atoms. The van der Waals surface area contributed by atoms with E-state index in [1.807, 2.05) is 12.1 Å². The number of carbonyl (C=O) groups excluding carboxylic acids is 2. The van der Waals surface area contributed by atoms with Crippen LogP contribution in [0.5, 0.6) is 11.5 Å². The van der Waals surface area contributed by atoms with Crippen molar-refractivity contribution in [2.75, 3.05) is 13.2 Å². The summed E-state index contributed by atoms with van der Waals surface area (Å²) in [7, 11) is 0. The molecule has 9 heteroatoms. The van der Waals surface area contributed by atoms with Crippen molar-refractivity contribution in [1.82, 2.24) is 4.90 Å². The van der Waals surface area contributed by atoms with E-state index < -0.39 is 5.91 Å². The molecule has 2 amide bonds. The minimum absolute atomic E-state index is 0.0760. The van der Waals surface area contributed by atoms with Crippen molar-refractivity contribution < 1.29 is 23.5 Å². The Morgan fingerprint density at radius 2 is 1.74 bits per heavy atom. The van der Waals surface area contributed by atoms with Gasteiger partial charge in [0.15, 0.2) is 0 Å². The van der Waals surface area contributed by atoms with E-state index >= 15 is 0 Å². The monoisotopic (exact) mass is 517 g/mol. The van der Waals surface area contributed by atoms with Gasteiger partial charge < -0.3 is 9.47 Å². The quantitative estimate of drug-likeness (QED) is 0.306. The average molecular weight is 518 g/mol. The number of rotatable bonds is 8. The van der Waals surface area contributed by atoms with Gasteiger partial charge in [0.25, 0.3) is 11.1 Å². The second-order valence-corrected chi connectivity index (χ2v) is 9.03. The summed E-state index contributed by atoms with van der Waals surface area (Å²) in [6.07, 6.45) is 1.63. The van der Waals surface area contributed by atoms with Crippen molar-refractivity contribution in [3.63, 3.8) is 0 Å². The van der Waals surface area contributed by atoms with Gasteiger partial charge in [0.1, 0.15) is 30.5 Å². The Morgan fingerprint density at radius 3 is 2.50 bits per heavy atom. The number of imide groups is 1. The number of para-hydroxylation sites is 1. The van der Waals surface area contributed by atoms with Gasteiger partial charge in [-0.15, -0.1) is 0 Å². The van der Waals surface area contributed by atoms with E-state index in [0.717, 1.165) is 22.2 Å². The fourth-order valence-electron chi connectivity index (χ4n) is 3.15. The molecule has 174 valence electrons. The number of carbonyl (C=O) groups is 2. The third kappa shape index (κ3) is 5.91. The zero-order valence-corrected chi connectivity index (χ0v) is 20.0. The first-order valence-corrected chi connectivity index (χ1v) is 11.8.